The quantitative estimate of drug-likeness (QED) is 0.602. The van der Waals surface area contributed by atoms with Crippen LogP contribution in [0.25, 0.3) is 16.8 Å². The van der Waals surface area contributed by atoms with E-state index in [1.54, 1.807) is 0 Å². The van der Waals surface area contributed by atoms with Crippen LogP contribution in [0, 0.1) is 5.41 Å². The number of hydrogen-bond acceptors (Lipinski definition) is 7. The molecule has 0 aromatic heterocycles. The third-order valence-corrected chi connectivity index (χ3v) is 7.14. The summed E-state index contributed by atoms with van der Waals surface area (Å²) in [6, 6.07) is 8.09. The number of aliphatic imine (C=N–C) groups is 2. The first-order valence-corrected chi connectivity index (χ1v) is 11.6. The molecule has 7 bridgehead atoms. The Morgan fingerprint density at radius 2 is 2.21 bits per heavy atom. The van der Waals surface area contributed by atoms with Gasteiger partial charge in [-0.2, -0.15) is 0 Å². The number of nitrogens with zero attached hydrogens (tertiary/aromatic N) is 3. The average Bonchev–Trinajstić information content (AvgIpc) is 3.14. The van der Waals surface area contributed by atoms with Gasteiger partial charge in [0.25, 0.3) is 0 Å². The van der Waals surface area contributed by atoms with Crippen molar-refractivity contribution in [2.24, 2.45) is 9.98 Å². The van der Waals surface area contributed by atoms with Crippen molar-refractivity contribution in [2.75, 3.05) is 18.6 Å². The molecule has 1 fully saturated rings. The maximum Gasteiger partial charge on any atom is 0.160 e. The predicted octanol–water partition coefficient (Wildman–Crippen LogP) is 2.42. The van der Waals surface area contributed by atoms with Crippen molar-refractivity contribution in [2.45, 2.75) is 38.3 Å². The van der Waals surface area contributed by atoms with Crippen molar-refractivity contribution in [3.8, 4) is 5.75 Å². The Kier molecular flexibility index (Phi) is 5.01. The fraction of sp³-hybridized carbons (Fsp3) is 0.296. The summed E-state index contributed by atoms with van der Waals surface area (Å²) < 4.78 is 6.01. The zero-order valence-electron chi connectivity index (χ0n) is 19.0. The molecule has 5 aliphatic rings. The molecule has 0 spiro atoms. The SMILES string of the molecule is CC1=NCN2C3CCC(=CCOc4ccc5cc6c(=C=N)c(c5c4)NC=C(C=6)N=CC12)C(=O)C3. The molecule has 7 nitrogen and oxygen atoms in total. The van der Waals surface area contributed by atoms with Crippen LogP contribution in [0.5, 0.6) is 5.75 Å². The third kappa shape index (κ3) is 3.50. The Hall–Kier alpha value is -3.80. The number of allylic oxidation sites excluding steroid dienone is 2. The lowest BCUT2D eigenvalue weighted by Crippen LogP contribution is -2.46. The second-order valence-corrected chi connectivity index (χ2v) is 9.12. The van der Waals surface area contributed by atoms with Crippen LogP contribution in [0.4, 0.5) is 5.69 Å². The van der Waals surface area contributed by atoms with Crippen molar-refractivity contribution in [1.29, 1.82) is 5.41 Å². The Labute approximate surface area is 197 Å². The van der Waals surface area contributed by atoms with Crippen molar-refractivity contribution >= 4 is 46.1 Å². The van der Waals surface area contributed by atoms with Crippen molar-refractivity contribution < 1.29 is 9.53 Å². The van der Waals surface area contributed by atoms with Gasteiger partial charge < -0.3 is 10.1 Å². The fourth-order valence-corrected chi connectivity index (χ4v) is 5.26. The predicted molar refractivity (Wildman–Crippen MR) is 135 cm³/mol. The van der Waals surface area contributed by atoms with Crippen LogP contribution in [0.3, 0.4) is 0 Å². The van der Waals surface area contributed by atoms with Gasteiger partial charge in [-0.3, -0.25) is 25.1 Å². The van der Waals surface area contributed by atoms with E-state index in [0.29, 0.717) is 24.9 Å². The number of fused-ring (bicyclic) bond motifs is 5. The van der Waals surface area contributed by atoms with Gasteiger partial charge >= 0.3 is 0 Å². The van der Waals surface area contributed by atoms with Gasteiger partial charge in [-0.1, -0.05) is 6.07 Å². The lowest BCUT2D eigenvalue weighted by Gasteiger charge is -2.33. The normalized spacial score (nSPS) is 23.9. The number of rotatable bonds is 0. The van der Waals surface area contributed by atoms with Crippen molar-refractivity contribution in [3.63, 3.8) is 0 Å². The third-order valence-electron chi connectivity index (χ3n) is 7.14. The first-order valence-electron chi connectivity index (χ1n) is 11.6. The number of ketones is 1. The molecule has 7 rings (SSSR count). The van der Waals surface area contributed by atoms with Gasteiger partial charge in [-0.15, -0.1) is 0 Å². The number of anilines is 1. The maximum absolute atomic E-state index is 12.9. The minimum absolute atomic E-state index is 0.0402. The second kappa shape index (κ2) is 8.20. The molecule has 7 heteroatoms. The minimum Gasteiger partial charge on any atom is -0.489 e. The smallest absolute Gasteiger partial charge is 0.160 e. The van der Waals surface area contributed by atoms with Crippen LogP contribution in [0.2, 0.25) is 0 Å². The second-order valence-electron chi connectivity index (χ2n) is 9.12. The summed E-state index contributed by atoms with van der Waals surface area (Å²) in [6.45, 7) is 2.96. The van der Waals surface area contributed by atoms with Gasteiger partial charge in [0, 0.05) is 36.0 Å². The topological polar surface area (TPSA) is 90.1 Å². The number of benzene rings is 2. The van der Waals surface area contributed by atoms with E-state index in [-0.39, 0.29) is 17.9 Å². The molecule has 0 radical (unpaired) electrons. The molecule has 34 heavy (non-hydrogen) atoms. The van der Waals surface area contributed by atoms with E-state index < -0.39 is 0 Å². The van der Waals surface area contributed by atoms with E-state index in [9.17, 15) is 4.79 Å². The molecule has 0 saturated heterocycles. The van der Waals surface area contributed by atoms with E-state index in [1.807, 2.05) is 49.7 Å². The van der Waals surface area contributed by atoms with Crippen LogP contribution >= 0.6 is 0 Å². The molecule has 2 N–H and O–H groups in total. The number of hydrogen-bond donors (Lipinski definition) is 2. The molecule has 4 aliphatic heterocycles. The highest BCUT2D eigenvalue weighted by Crippen LogP contribution is 2.29. The van der Waals surface area contributed by atoms with E-state index >= 15 is 0 Å². The van der Waals surface area contributed by atoms with Crippen LogP contribution in [0.15, 0.2) is 57.8 Å². The van der Waals surface area contributed by atoms with E-state index in [2.05, 4.69) is 27.1 Å². The monoisotopic (exact) mass is 451 g/mol. The van der Waals surface area contributed by atoms with Gasteiger partial charge in [0.15, 0.2) is 5.78 Å². The minimum atomic E-state index is -0.0402. The highest BCUT2D eigenvalue weighted by atomic mass is 16.5. The summed E-state index contributed by atoms with van der Waals surface area (Å²) in [4.78, 5) is 24.7. The summed E-state index contributed by atoms with van der Waals surface area (Å²) in [7, 11) is 0. The van der Waals surface area contributed by atoms with E-state index in [1.165, 1.54) is 0 Å². The summed E-state index contributed by atoms with van der Waals surface area (Å²) >= 11 is 0. The molecule has 1 saturated carbocycles. The lowest BCUT2D eigenvalue weighted by molar-refractivity contribution is -0.118. The Morgan fingerprint density at radius 1 is 1.29 bits per heavy atom. The molecule has 0 amide bonds. The summed E-state index contributed by atoms with van der Waals surface area (Å²) in [5.74, 6) is 3.51. The highest BCUT2D eigenvalue weighted by molar-refractivity contribution is 6.03. The van der Waals surface area contributed by atoms with Crippen molar-refractivity contribution in [3.05, 3.63) is 58.2 Å². The summed E-state index contributed by atoms with van der Waals surface area (Å²) in [5.41, 5.74) is 3.42. The molecular formula is C27H25N5O2. The molecule has 4 heterocycles. The number of ether oxygens (including phenoxy) is 1. The number of carbonyl (C=O) groups is 1. The maximum atomic E-state index is 12.9. The van der Waals surface area contributed by atoms with Crippen molar-refractivity contribution in [1.82, 2.24) is 4.90 Å². The standard InChI is InChI=1S/C27H25N5O2/c1-16-25-14-29-20-9-19-8-18-3-5-22(11-23(18)27(30-13-20)24(19)12-28)34-7-6-17-2-4-21(10-26(17)33)32(25)15-31-16/h3,5-6,8-9,11,13-14,21,25,28,30H,2,4,7,10,15H2,1H3. The van der Waals surface area contributed by atoms with Gasteiger partial charge in [0.05, 0.1) is 29.3 Å². The van der Waals surface area contributed by atoms with Gasteiger partial charge in [0.2, 0.25) is 0 Å². The highest BCUT2D eigenvalue weighted by Gasteiger charge is 2.35. The Morgan fingerprint density at radius 3 is 3.06 bits per heavy atom. The molecule has 2 unspecified atom stereocenters. The Balaban J connectivity index is 1.51. The summed E-state index contributed by atoms with van der Waals surface area (Å²) in [5, 5.41) is 14.8. The molecule has 2 aromatic rings. The zero-order valence-corrected chi connectivity index (χ0v) is 19.0. The van der Waals surface area contributed by atoms with E-state index in [4.69, 9.17) is 15.1 Å². The van der Waals surface area contributed by atoms with Crippen LogP contribution in [-0.2, 0) is 4.79 Å². The molecule has 2 aromatic carbocycles. The number of carbonyl (C=O) groups excluding carboxylic acids is 1. The largest absolute Gasteiger partial charge is 0.489 e. The molecular weight excluding hydrogens is 426 g/mol. The lowest BCUT2D eigenvalue weighted by atomic mass is 9.88. The van der Waals surface area contributed by atoms with Gasteiger partial charge in [0.1, 0.15) is 12.4 Å². The first kappa shape index (κ1) is 20.8. The Bertz CT molecular complexity index is 1490. The van der Waals surface area contributed by atoms with E-state index in [0.717, 1.165) is 57.3 Å². The van der Waals surface area contributed by atoms with Gasteiger partial charge in [-0.25, -0.2) is 0 Å². The van der Waals surface area contributed by atoms with Crippen LogP contribution in [-0.4, -0.2) is 53.8 Å². The number of nitrogens with one attached hydrogen (secondary N) is 2. The fourth-order valence-electron chi connectivity index (χ4n) is 5.26. The number of Topliss-reactive ketones (excluding diaryl/α,β-unsaturated/α-hetero) is 1. The summed E-state index contributed by atoms with van der Waals surface area (Å²) in [6.07, 6.45) is 9.85. The molecule has 2 atom stereocenters. The molecule has 1 aliphatic carbocycles. The zero-order chi connectivity index (χ0) is 23.2. The first-order chi connectivity index (χ1) is 16.6. The molecule has 170 valence electrons. The average molecular weight is 452 g/mol. The van der Waals surface area contributed by atoms with Crippen LogP contribution < -0.4 is 20.5 Å². The van der Waals surface area contributed by atoms with Crippen LogP contribution in [0.1, 0.15) is 26.2 Å². The van der Waals surface area contributed by atoms with Gasteiger partial charge in [-0.05, 0) is 72.2 Å².